The Hall–Kier alpha value is -2.07. The van der Waals surface area contributed by atoms with E-state index in [2.05, 4.69) is 26.8 Å². The number of nitrogens with zero attached hydrogens (tertiary/aromatic N) is 2. The Kier molecular flexibility index (Phi) is 10.5. The second kappa shape index (κ2) is 13.8. The Morgan fingerprint density at radius 2 is 2.00 bits per heavy atom. The van der Waals surface area contributed by atoms with Crippen LogP contribution in [0.4, 0.5) is 14.5 Å². The Labute approximate surface area is 229 Å². The summed E-state index contributed by atoms with van der Waals surface area (Å²) in [5.74, 6) is 0.197. The Morgan fingerprint density at radius 1 is 1.24 bits per heavy atom. The van der Waals surface area contributed by atoms with Crippen LogP contribution in [0.15, 0.2) is 36.7 Å². The van der Waals surface area contributed by atoms with Crippen molar-refractivity contribution < 1.29 is 18.3 Å². The van der Waals surface area contributed by atoms with E-state index in [1.54, 1.807) is 25.4 Å². The number of halogens is 2. The molecule has 2 aromatic rings. The zero-order chi connectivity index (χ0) is 27.0. The van der Waals surface area contributed by atoms with Crippen molar-refractivity contribution in [3.63, 3.8) is 0 Å². The maximum atomic E-state index is 15.0. The van der Waals surface area contributed by atoms with E-state index >= 15 is 0 Å². The first kappa shape index (κ1) is 28.9. The summed E-state index contributed by atoms with van der Waals surface area (Å²) in [6.07, 6.45) is 8.76. The predicted molar refractivity (Wildman–Crippen MR) is 149 cm³/mol. The molecule has 1 aliphatic heterocycles. The van der Waals surface area contributed by atoms with Gasteiger partial charge in [0.25, 0.3) is 0 Å². The number of aromatic nitrogens is 1. The average molecular weight is 547 g/mol. The lowest BCUT2D eigenvalue weighted by atomic mass is 9.66. The fourth-order valence-electron chi connectivity index (χ4n) is 5.75. The molecule has 1 aromatic carbocycles. The molecule has 1 aromatic heterocycles. The van der Waals surface area contributed by atoms with Gasteiger partial charge in [-0.25, -0.2) is 13.1 Å². The number of carbonyl (C=O) groups is 1. The first-order valence-electron chi connectivity index (χ1n) is 13.8. The van der Waals surface area contributed by atoms with Crippen molar-refractivity contribution in [1.29, 1.82) is 0 Å². The molecule has 9 heteroatoms. The lowest BCUT2D eigenvalue weighted by molar-refractivity contribution is -0.118. The van der Waals surface area contributed by atoms with Gasteiger partial charge in [0.2, 0.25) is 5.91 Å². The maximum Gasteiger partial charge on any atom is 0.225 e. The average Bonchev–Trinajstić information content (AvgIpc) is 2.93. The summed E-state index contributed by atoms with van der Waals surface area (Å²) in [6.45, 7) is 4.97. The van der Waals surface area contributed by atoms with Crippen molar-refractivity contribution in [1.82, 2.24) is 14.6 Å². The van der Waals surface area contributed by atoms with Gasteiger partial charge in [-0.15, -0.1) is 0 Å². The molecule has 4 rings (SSSR count). The molecule has 0 spiro atoms. The van der Waals surface area contributed by atoms with E-state index < -0.39 is 11.2 Å². The summed E-state index contributed by atoms with van der Waals surface area (Å²) in [6, 6.07) is 6.77. The van der Waals surface area contributed by atoms with Gasteiger partial charge in [-0.2, -0.15) is 0 Å². The minimum Gasteiger partial charge on any atom is -0.381 e. The molecule has 6 nitrogen and oxygen atoms in total. The molecule has 1 amide bonds. The topological polar surface area (TPSA) is 66.5 Å². The lowest BCUT2D eigenvalue weighted by Crippen LogP contribution is -2.48. The van der Waals surface area contributed by atoms with Crippen molar-refractivity contribution in [3.05, 3.63) is 59.4 Å². The number of amides is 1. The molecule has 1 atom stereocenters. The molecule has 1 aliphatic carbocycles. The molecule has 38 heavy (non-hydrogen) atoms. The van der Waals surface area contributed by atoms with Crippen LogP contribution in [0.5, 0.6) is 0 Å². The molecule has 2 heterocycles. The van der Waals surface area contributed by atoms with Gasteiger partial charge in [0, 0.05) is 55.9 Å². The van der Waals surface area contributed by atoms with Gasteiger partial charge in [-0.05, 0) is 62.6 Å². The monoisotopic (exact) mass is 546 g/mol. The molecule has 1 saturated heterocycles. The summed E-state index contributed by atoms with van der Waals surface area (Å²) in [5.41, 5.74) is 1.47. The minimum atomic E-state index is -0.418. The quantitative estimate of drug-likeness (QED) is 0.364. The molecule has 1 saturated carbocycles. The van der Waals surface area contributed by atoms with Gasteiger partial charge < -0.3 is 15.4 Å². The van der Waals surface area contributed by atoms with Crippen LogP contribution in [-0.4, -0.2) is 59.8 Å². The van der Waals surface area contributed by atoms with Crippen LogP contribution < -0.4 is 10.6 Å². The summed E-state index contributed by atoms with van der Waals surface area (Å²) in [4.78, 5) is 17.5. The highest BCUT2D eigenvalue weighted by atomic mass is 32.2. The van der Waals surface area contributed by atoms with E-state index in [0.717, 1.165) is 69.5 Å². The molecule has 2 fully saturated rings. The van der Waals surface area contributed by atoms with Crippen molar-refractivity contribution in [2.45, 2.75) is 75.9 Å². The molecule has 2 N–H and O–H groups in total. The number of benzene rings is 1. The molecule has 1 unspecified atom stereocenters. The van der Waals surface area contributed by atoms with Gasteiger partial charge in [-0.3, -0.25) is 9.78 Å². The van der Waals surface area contributed by atoms with Gasteiger partial charge in [0.15, 0.2) is 0 Å². The number of anilines is 1. The smallest absolute Gasteiger partial charge is 0.225 e. The number of hydrogen-bond acceptors (Lipinski definition) is 6. The maximum absolute atomic E-state index is 15.0. The second-order valence-electron chi connectivity index (χ2n) is 10.5. The zero-order valence-corrected chi connectivity index (χ0v) is 23.3. The fraction of sp³-hybridized carbons (Fsp3) is 0.586. The van der Waals surface area contributed by atoms with Crippen LogP contribution in [0.3, 0.4) is 0 Å². The highest BCUT2D eigenvalue weighted by molar-refractivity contribution is 7.97. The summed E-state index contributed by atoms with van der Waals surface area (Å²) < 4.78 is 36.6. The molecular formula is C29H40F2N4O2S. The Morgan fingerprint density at radius 3 is 2.71 bits per heavy atom. The van der Waals surface area contributed by atoms with Gasteiger partial charge in [0.05, 0.1) is 24.2 Å². The predicted octanol–water partition coefficient (Wildman–Crippen LogP) is 5.48. The minimum absolute atomic E-state index is 0.162. The fourth-order valence-corrected chi connectivity index (χ4v) is 6.78. The molecule has 208 valence electrons. The number of pyridine rings is 1. The second-order valence-corrected chi connectivity index (χ2v) is 11.6. The van der Waals surface area contributed by atoms with Crippen molar-refractivity contribution in [3.8, 4) is 0 Å². The highest BCUT2D eigenvalue weighted by Gasteiger charge is 2.39. The van der Waals surface area contributed by atoms with E-state index in [1.807, 2.05) is 11.9 Å². The molecule has 0 bridgehead atoms. The summed E-state index contributed by atoms with van der Waals surface area (Å²) in [5, 5.41) is 6.43. The van der Waals surface area contributed by atoms with Crippen LogP contribution >= 0.6 is 11.9 Å². The van der Waals surface area contributed by atoms with Crippen molar-refractivity contribution >= 4 is 23.5 Å². The van der Waals surface area contributed by atoms with Gasteiger partial charge in [-0.1, -0.05) is 31.0 Å². The lowest BCUT2D eigenvalue weighted by Gasteiger charge is -2.40. The third kappa shape index (κ3) is 7.31. The number of ether oxygens (including phenoxy) is 1. The Bertz CT molecular complexity index is 1050. The molecule has 2 aliphatic rings. The first-order chi connectivity index (χ1) is 18.4. The van der Waals surface area contributed by atoms with E-state index in [9.17, 15) is 13.6 Å². The summed E-state index contributed by atoms with van der Waals surface area (Å²) in [7, 11) is 1.71. The number of piperazine rings is 1. The van der Waals surface area contributed by atoms with Crippen LogP contribution in [0.25, 0.3) is 0 Å². The third-order valence-corrected chi connectivity index (χ3v) is 9.35. The number of hydrogen-bond donors (Lipinski definition) is 2. The van der Waals surface area contributed by atoms with E-state index in [1.165, 1.54) is 18.3 Å². The van der Waals surface area contributed by atoms with Crippen molar-refractivity contribution in [2.24, 2.45) is 0 Å². The highest BCUT2D eigenvalue weighted by Crippen LogP contribution is 2.43. The molecule has 0 radical (unpaired) electrons. The standard InChI is InChI=1S/C29H40F2N4O2S/c1-3-16-38-35-15-14-32-18-23(35)8-9-25-26(31)19-33-20-27(25)34-28(36)17-29(12-10-24(37-2)11-13-29)21-4-6-22(30)7-5-21/h4-7,19-20,23-24,32H,3,8-18H2,1-2H3,(H,34,36). The van der Waals surface area contributed by atoms with Crippen molar-refractivity contribution in [2.75, 3.05) is 37.8 Å². The van der Waals surface area contributed by atoms with Gasteiger partial charge >= 0.3 is 0 Å². The number of rotatable bonds is 11. The van der Waals surface area contributed by atoms with Crippen LogP contribution in [0.2, 0.25) is 0 Å². The van der Waals surface area contributed by atoms with E-state index in [4.69, 9.17) is 4.74 Å². The first-order valence-corrected chi connectivity index (χ1v) is 14.7. The molecular weight excluding hydrogens is 506 g/mol. The zero-order valence-electron chi connectivity index (χ0n) is 22.5. The Balaban J connectivity index is 1.47. The normalized spacial score (nSPS) is 24.3. The van der Waals surface area contributed by atoms with Crippen LogP contribution in [0, 0.1) is 11.6 Å². The van der Waals surface area contributed by atoms with Crippen LogP contribution in [-0.2, 0) is 21.4 Å². The van der Waals surface area contributed by atoms with Gasteiger partial charge in [0.1, 0.15) is 11.6 Å². The van der Waals surface area contributed by atoms with Crippen LogP contribution in [0.1, 0.15) is 63.0 Å². The SMILES string of the molecule is CCCSN1CCNCC1CCc1c(F)cncc1NC(=O)CC1(c2ccc(F)cc2)CCC(OC)CC1. The number of carbonyl (C=O) groups excluding carboxylic acids is 1. The summed E-state index contributed by atoms with van der Waals surface area (Å²) >= 11 is 1.86. The third-order valence-electron chi connectivity index (χ3n) is 7.94. The number of nitrogens with one attached hydrogen (secondary N) is 2. The van der Waals surface area contributed by atoms with E-state index in [0.29, 0.717) is 23.7 Å². The number of methoxy groups -OCH3 is 1. The largest absolute Gasteiger partial charge is 0.381 e. The van der Waals surface area contributed by atoms with E-state index in [-0.39, 0.29) is 24.2 Å².